The zero-order valence-electron chi connectivity index (χ0n) is 17.2. The topological polar surface area (TPSA) is 53.7 Å². The molecular weight excluding hydrogens is 528 g/mol. The molecule has 4 unspecified atom stereocenters. The lowest BCUT2D eigenvalue weighted by molar-refractivity contribution is 0.102. The summed E-state index contributed by atoms with van der Waals surface area (Å²) >= 11 is 25.3. The number of amides is 1. The largest absolute Gasteiger partial charge is 0.356 e. The van der Waals surface area contributed by atoms with Gasteiger partial charge in [0.25, 0.3) is 5.91 Å². The average Bonchev–Trinajstić information content (AvgIpc) is 3.64. The van der Waals surface area contributed by atoms with Crippen molar-refractivity contribution in [2.75, 3.05) is 10.6 Å². The lowest BCUT2D eigenvalue weighted by Gasteiger charge is -2.10. The number of ether oxygens (including phenoxy) is 1. The van der Waals surface area contributed by atoms with Crippen molar-refractivity contribution in [1.29, 1.82) is 0 Å². The Kier molecular flexibility index (Phi) is 6.15. The van der Waals surface area contributed by atoms with Gasteiger partial charge in [0.05, 0.1) is 11.3 Å². The van der Waals surface area contributed by atoms with E-state index in [4.69, 9.17) is 51.1 Å². The van der Waals surface area contributed by atoms with Gasteiger partial charge in [0.1, 0.15) is 16.3 Å². The summed E-state index contributed by atoms with van der Waals surface area (Å²) < 4.78 is 32.8. The summed E-state index contributed by atoms with van der Waals surface area (Å²) in [5.74, 6) is -2.35. The molecule has 5 rings (SSSR count). The van der Waals surface area contributed by atoms with E-state index in [9.17, 15) is 9.18 Å². The van der Waals surface area contributed by atoms with Crippen molar-refractivity contribution in [2.24, 2.45) is 5.92 Å². The normalized spacial score (nSPS) is 24.4. The molecule has 2 N–H and O–H groups in total. The molecule has 1 aliphatic heterocycles. The minimum Gasteiger partial charge on any atom is -0.356 e. The third-order valence-corrected chi connectivity index (χ3v) is 7.29. The standard InChI is InChI=1S/C24H16Cl4F2N2O2/c25-12-8-11(9-13(26)10-12)18-19(24(18,27)28)21-23(34-21)32-17-3-1-2-16(20(17)30)22(33)31-15-6-4-14(29)5-7-15/h1-10,18-19,21,23,32H,(H,31,33). The van der Waals surface area contributed by atoms with Crippen LogP contribution >= 0.6 is 46.4 Å². The van der Waals surface area contributed by atoms with Crippen LogP contribution in [-0.2, 0) is 4.74 Å². The van der Waals surface area contributed by atoms with Crippen molar-refractivity contribution in [3.63, 3.8) is 0 Å². The fraction of sp³-hybridized carbons (Fsp3) is 0.208. The second kappa shape index (κ2) is 8.85. The molecule has 4 atom stereocenters. The number of rotatable bonds is 6. The molecule has 176 valence electrons. The van der Waals surface area contributed by atoms with Gasteiger partial charge >= 0.3 is 0 Å². The van der Waals surface area contributed by atoms with Gasteiger partial charge in [-0.2, -0.15) is 0 Å². The molecule has 0 aromatic heterocycles. The molecule has 0 bridgehead atoms. The molecule has 1 aliphatic carbocycles. The molecule has 0 spiro atoms. The summed E-state index contributed by atoms with van der Waals surface area (Å²) in [6.07, 6.45) is -0.903. The second-order valence-corrected chi connectivity index (χ2v) is 10.5. The van der Waals surface area contributed by atoms with E-state index in [1.165, 1.54) is 36.4 Å². The summed E-state index contributed by atoms with van der Waals surface area (Å²) in [5, 5.41) is 6.45. The molecule has 2 fully saturated rings. The van der Waals surface area contributed by atoms with Crippen LogP contribution in [0.3, 0.4) is 0 Å². The summed E-state index contributed by atoms with van der Waals surface area (Å²) in [5.41, 5.74) is 1.06. The number of epoxide rings is 1. The molecule has 3 aromatic carbocycles. The first-order chi connectivity index (χ1) is 16.1. The third-order valence-electron chi connectivity index (χ3n) is 5.88. The van der Waals surface area contributed by atoms with Crippen LogP contribution in [0.2, 0.25) is 10.0 Å². The van der Waals surface area contributed by atoms with E-state index in [0.29, 0.717) is 15.7 Å². The van der Waals surface area contributed by atoms with Crippen LogP contribution in [0.4, 0.5) is 20.2 Å². The number of hydrogen-bond acceptors (Lipinski definition) is 3. The van der Waals surface area contributed by atoms with Crippen molar-refractivity contribution < 1.29 is 18.3 Å². The van der Waals surface area contributed by atoms with Crippen molar-refractivity contribution in [3.8, 4) is 0 Å². The van der Waals surface area contributed by atoms with Crippen LogP contribution < -0.4 is 10.6 Å². The molecule has 1 saturated heterocycles. The maximum Gasteiger partial charge on any atom is 0.258 e. The molecule has 4 nitrogen and oxygen atoms in total. The first kappa shape index (κ1) is 23.6. The van der Waals surface area contributed by atoms with Gasteiger partial charge in [0.15, 0.2) is 12.0 Å². The number of carbonyl (C=O) groups is 1. The maximum absolute atomic E-state index is 15.1. The zero-order valence-corrected chi connectivity index (χ0v) is 20.2. The fourth-order valence-corrected chi connectivity index (χ4v) is 5.60. The van der Waals surface area contributed by atoms with E-state index < -0.39 is 28.1 Å². The maximum atomic E-state index is 15.1. The van der Waals surface area contributed by atoms with Crippen molar-refractivity contribution in [1.82, 2.24) is 0 Å². The smallest absolute Gasteiger partial charge is 0.258 e. The van der Waals surface area contributed by atoms with Crippen molar-refractivity contribution in [3.05, 3.63) is 93.5 Å². The number of nitrogens with one attached hydrogen (secondary N) is 2. The van der Waals surface area contributed by atoms with Crippen LogP contribution in [0.5, 0.6) is 0 Å². The highest BCUT2D eigenvalue weighted by Crippen LogP contribution is 2.69. The van der Waals surface area contributed by atoms with Crippen LogP contribution in [0.15, 0.2) is 60.7 Å². The highest BCUT2D eigenvalue weighted by Gasteiger charge is 2.72. The predicted octanol–water partition coefficient (Wildman–Crippen LogP) is 7.25. The Labute approximate surface area is 214 Å². The van der Waals surface area contributed by atoms with Gasteiger partial charge in [-0.1, -0.05) is 29.3 Å². The van der Waals surface area contributed by atoms with Crippen LogP contribution in [0.1, 0.15) is 21.8 Å². The number of benzene rings is 3. The first-order valence-electron chi connectivity index (χ1n) is 10.3. The average molecular weight is 544 g/mol. The highest BCUT2D eigenvalue weighted by atomic mass is 35.5. The predicted molar refractivity (Wildman–Crippen MR) is 130 cm³/mol. The summed E-state index contributed by atoms with van der Waals surface area (Å²) in [6, 6.07) is 14.7. The Bertz CT molecular complexity index is 1250. The first-order valence-corrected chi connectivity index (χ1v) is 11.8. The van der Waals surface area contributed by atoms with Gasteiger partial charge in [-0.05, 0) is 60.2 Å². The zero-order chi connectivity index (χ0) is 24.2. The number of hydrogen-bond donors (Lipinski definition) is 2. The molecular formula is C24H16Cl4F2N2O2. The molecule has 1 heterocycles. The van der Waals surface area contributed by atoms with Crippen LogP contribution in [0.25, 0.3) is 0 Å². The number of anilines is 2. The Morgan fingerprint density at radius 2 is 1.65 bits per heavy atom. The van der Waals surface area contributed by atoms with Gasteiger partial charge in [0, 0.05) is 27.6 Å². The Morgan fingerprint density at radius 3 is 2.32 bits per heavy atom. The van der Waals surface area contributed by atoms with Crippen LogP contribution in [0, 0.1) is 17.6 Å². The molecule has 2 aliphatic rings. The van der Waals surface area contributed by atoms with E-state index in [1.807, 2.05) is 0 Å². The van der Waals surface area contributed by atoms with Gasteiger partial charge < -0.3 is 15.4 Å². The summed E-state index contributed by atoms with van der Waals surface area (Å²) in [4.78, 5) is 12.5. The minimum atomic E-state index is -1.08. The van der Waals surface area contributed by atoms with Gasteiger partial charge in [0.2, 0.25) is 0 Å². The van der Waals surface area contributed by atoms with Gasteiger partial charge in [-0.25, -0.2) is 8.78 Å². The SMILES string of the molecule is O=C(Nc1ccc(F)cc1)c1cccc(NC2OC2C2C(c3cc(Cl)cc(Cl)c3)C2(Cl)Cl)c1F. The Morgan fingerprint density at radius 1 is 0.971 bits per heavy atom. The Hall–Kier alpha value is -2.09. The van der Waals surface area contributed by atoms with E-state index >= 15 is 4.39 Å². The number of carbonyl (C=O) groups excluding carboxylic acids is 1. The molecule has 10 heteroatoms. The van der Waals surface area contributed by atoms with Gasteiger partial charge in [-0.3, -0.25) is 4.79 Å². The fourth-order valence-electron chi connectivity index (χ4n) is 4.16. The van der Waals surface area contributed by atoms with E-state index in [2.05, 4.69) is 10.6 Å². The summed E-state index contributed by atoms with van der Waals surface area (Å²) in [7, 11) is 0. The van der Waals surface area contributed by atoms with Crippen molar-refractivity contribution >= 4 is 63.7 Å². The third kappa shape index (κ3) is 4.58. The molecule has 3 aromatic rings. The molecule has 1 saturated carbocycles. The van der Waals surface area contributed by atoms with Crippen LogP contribution in [-0.4, -0.2) is 22.6 Å². The Balaban J connectivity index is 1.27. The van der Waals surface area contributed by atoms with E-state index in [-0.39, 0.29) is 29.2 Å². The van der Waals surface area contributed by atoms with Crippen molar-refractivity contribution in [2.45, 2.75) is 22.6 Å². The quantitative estimate of drug-likeness (QED) is 0.254. The number of alkyl halides is 2. The molecule has 0 radical (unpaired) electrons. The van der Waals surface area contributed by atoms with Gasteiger partial charge in [-0.15, -0.1) is 23.2 Å². The van der Waals surface area contributed by atoms with E-state index in [1.54, 1.807) is 24.3 Å². The number of halogens is 6. The monoisotopic (exact) mass is 542 g/mol. The molecule has 1 amide bonds. The lowest BCUT2D eigenvalue weighted by atomic mass is 10.1. The minimum absolute atomic E-state index is 0.0944. The lowest BCUT2D eigenvalue weighted by Crippen LogP contribution is -2.16. The highest BCUT2D eigenvalue weighted by molar-refractivity contribution is 6.52. The molecule has 34 heavy (non-hydrogen) atoms. The second-order valence-electron chi connectivity index (χ2n) is 8.17. The summed E-state index contributed by atoms with van der Waals surface area (Å²) in [6.45, 7) is 0. The van der Waals surface area contributed by atoms with E-state index in [0.717, 1.165) is 5.56 Å².